The molecule has 2 rings (SSSR count). The predicted molar refractivity (Wildman–Crippen MR) is 76.0 cm³/mol. The van der Waals surface area contributed by atoms with Gasteiger partial charge in [-0.3, -0.25) is 4.79 Å². The first kappa shape index (κ1) is 14.8. The van der Waals surface area contributed by atoms with Gasteiger partial charge in [0.2, 0.25) is 15.9 Å². The van der Waals surface area contributed by atoms with Crippen molar-refractivity contribution in [2.45, 2.75) is 6.42 Å². The van der Waals surface area contributed by atoms with Crippen molar-refractivity contribution in [2.75, 3.05) is 32.4 Å². The number of carbonyl (C=O) groups excluding carboxylic acids is 1. The molecule has 5 nitrogen and oxygen atoms in total. The van der Waals surface area contributed by atoms with E-state index >= 15 is 0 Å². The summed E-state index contributed by atoms with van der Waals surface area (Å²) in [7, 11) is -3.15. The van der Waals surface area contributed by atoms with Crippen molar-refractivity contribution in [1.29, 1.82) is 0 Å². The zero-order valence-electron chi connectivity index (χ0n) is 10.5. The van der Waals surface area contributed by atoms with E-state index in [9.17, 15) is 13.2 Å². The Kier molecular flexibility index (Phi) is 4.50. The average molecular weight is 323 g/mol. The van der Waals surface area contributed by atoms with Crippen LogP contribution in [0.2, 0.25) is 4.34 Å². The summed E-state index contributed by atoms with van der Waals surface area (Å²) < 4.78 is 24.8. The van der Waals surface area contributed by atoms with Crippen LogP contribution >= 0.6 is 22.9 Å². The minimum absolute atomic E-state index is 0.0201. The fourth-order valence-electron chi connectivity index (χ4n) is 1.98. The van der Waals surface area contributed by atoms with Crippen LogP contribution in [0.15, 0.2) is 12.1 Å². The second-order valence-corrected chi connectivity index (χ2v) is 8.21. The van der Waals surface area contributed by atoms with Crippen LogP contribution in [0.25, 0.3) is 0 Å². The first-order chi connectivity index (χ1) is 8.86. The molecule has 1 aliphatic rings. The van der Waals surface area contributed by atoms with Gasteiger partial charge < -0.3 is 4.90 Å². The van der Waals surface area contributed by atoms with Gasteiger partial charge in [0.15, 0.2) is 0 Å². The molecule has 19 heavy (non-hydrogen) atoms. The van der Waals surface area contributed by atoms with Crippen LogP contribution in [-0.4, -0.2) is 56.0 Å². The Bertz CT molecular complexity index is 562. The van der Waals surface area contributed by atoms with Gasteiger partial charge in [-0.2, -0.15) is 4.31 Å². The molecule has 0 saturated carbocycles. The van der Waals surface area contributed by atoms with Crippen LogP contribution < -0.4 is 0 Å². The number of hydrogen-bond donors (Lipinski definition) is 0. The largest absolute Gasteiger partial charge is 0.340 e. The molecule has 0 radical (unpaired) electrons. The third-order valence-corrected chi connectivity index (χ3v) is 5.55. The van der Waals surface area contributed by atoms with E-state index in [0.29, 0.717) is 36.9 Å². The Labute approximate surface area is 121 Å². The highest BCUT2D eigenvalue weighted by Gasteiger charge is 2.26. The van der Waals surface area contributed by atoms with E-state index in [1.807, 2.05) is 6.07 Å². The molecule has 1 amide bonds. The zero-order chi connectivity index (χ0) is 14.0. The summed E-state index contributed by atoms with van der Waals surface area (Å²) in [5.74, 6) is 0.0201. The van der Waals surface area contributed by atoms with Crippen molar-refractivity contribution < 1.29 is 13.2 Å². The fraction of sp³-hybridized carbons (Fsp3) is 0.545. The molecule has 1 saturated heterocycles. The number of nitrogens with zero attached hydrogens (tertiary/aromatic N) is 2. The van der Waals surface area contributed by atoms with Crippen LogP contribution in [0.1, 0.15) is 4.88 Å². The SMILES string of the molecule is CS(=O)(=O)N1CCN(C(=O)Cc2ccc(Cl)s2)CC1. The van der Waals surface area contributed by atoms with Crippen molar-refractivity contribution in [2.24, 2.45) is 0 Å². The smallest absolute Gasteiger partial charge is 0.227 e. The lowest BCUT2D eigenvalue weighted by Crippen LogP contribution is -2.50. The number of thiophene rings is 1. The summed E-state index contributed by atoms with van der Waals surface area (Å²) in [5.41, 5.74) is 0. The summed E-state index contributed by atoms with van der Waals surface area (Å²) >= 11 is 7.22. The van der Waals surface area contributed by atoms with Crippen molar-refractivity contribution >= 4 is 38.9 Å². The fourth-order valence-corrected chi connectivity index (χ4v) is 3.88. The summed E-state index contributed by atoms with van der Waals surface area (Å²) in [6, 6.07) is 3.62. The van der Waals surface area contributed by atoms with Crippen molar-refractivity contribution in [3.63, 3.8) is 0 Å². The van der Waals surface area contributed by atoms with E-state index in [0.717, 1.165) is 4.88 Å². The third-order valence-electron chi connectivity index (χ3n) is 3.01. The van der Waals surface area contributed by atoms with E-state index in [4.69, 9.17) is 11.6 Å². The second kappa shape index (κ2) is 5.78. The zero-order valence-corrected chi connectivity index (χ0v) is 12.9. The summed E-state index contributed by atoms with van der Waals surface area (Å²) in [6.45, 7) is 1.64. The van der Waals surface area contributed by atoms with Gasteiger partial charge in [0.25, 0.3) is 0 Å². The molecule has 1 aliphatic heterocycles. The topological polar surface area (TPSA) is 57.7 Å². The maximum Gasteiger partial charge on any atom is 0.227 e. The lowest BCUT2D eigenvalue weighted by atomic mass is 10.3. The van der Waals surface area contributed by atoms with Crippen LogP contribution in [-0.2, 0) is 21.2 Å². The standard InChI is InChI=1S/C11H15ClN2O3S2/c1-19(16,17)14-6-4-13(5-7-14)11(15)8-9-2-3-10(12)18-9/h2-3H,4-8H2,1H3. The molecular formula is C11H15ClN2O3S2. The van der Waals surface area contributed by atoms with Gasteiger partial charge in [0.1, 0.15) is 0 Å². The molecule has 106 valence electrons. The highest BCUT2D eigenvalue weighted by Crippen LogP contribution is 2.22. The Balaban J connectivity index is 1.89. The highest BCUT2D eigenvalue weighted by atomic mass is 35.5. The highest BCUT2D eigenvalue weighted by molar-refractivity contribution is 7.88. The number of piperazine rings is 1. The van der Waals surface area contributed by atoms with Crippen LogP contribution in [0, 0.1) is 0 Å². The summed E-state index contributed by atoms with van der Waals surface area (Å²) in [6.07, 6.45) is 1.52. The van der Waals surface area contributed by atoms with Gasteiger partial charge in [-0.1, -0.05) is 11.6 Å². The molecule has 0 atom stereocenters. The van der Waals surface area contributed by atoms with Crippen LogP contribution in [0.4, 0.5) is 0 Å². The minimum Gasteiger partial charge on any atom is -0.340 e. The molecule has 0 spiro atoms. The third kappa shape index (κ3) is 3.92. The molecule has 0 unspecified atom stereocenters. The summed E-state index contributed by atoms with van der Waals surface area (Å²) in [4.78, 5) is 14.7. The molecule has 0 bridgehead atoms. The quantitative estimate of drug-likeness (QED) is 0.835. The average Bonchev–Trinajstić information content (AvgIpc) is 2.74. The molecule has 2 heterocycles. The Morgan fingerprint density at radius 3 is 2.42 bits per heavy atom. The van der Waals surface area contributed by atoms with Crippen LogP contribution in [0.3, 0.4) is 0 Å². The van der Waals surface area contributed by atoms with Crippen molar-refractivity contribution in [1.82, 2.24) is 9.21 Å². The normalized spacial score (nSPS) is 17.7. The maximum absolute atomic E-state index is 12.1. The Hall–Kier alpha value is -0.630. The van der Waals surface area contributed by atoms with E-state index in [1.165, 1.54) is 21.9 Å². The first-order valence-electron chi connectivity index (χ1n) is 5.83. The maximum atomic E-state index is 12.1. The first-order valence-corrected chi connectivity index (χ1v) is 8.87. The van der Waals surface area contributed by atoms with Crippen LogP contribution in [0.5, 0.6) is 0 Å². The minimum atomic E-state index is -3.15. The van der Waals surface area contributed by atoms with Crippen molar-refractivity contribution in [3.05, 3.63) is 21.3 Å². The van der Waals surface area contributed by atoms with E-state index in [1.54, 1.807) is 11.0 Å². The molecule has 0 aromatic carbocycles. The lowest BCUT2D eigenvalue weighted by Gasteiger charge is -2.33. The number of sulfonamides is 1. The van der Waals surface area contributed by atoms with E-state index < -0.39 is 10.0 Å². The predicted octanol–water partition coefficient (Wildman–Crippen LogP) is 1.05. The molecule has 8 heteroatoms. The Morgan fingerprint density at radius 1 is 1.32 bits per heavy atom. The molecular weight excluding hydrogens is 308 g/mol. The van der Waals surface area contributed by atoms with Gasteiger partial charge in [-0.15, -0.1) is 11.3 Å². The number of amides is 1. The summed E-state index contributed by atoms with van der Waals surface area (Å²) in [5, 5.41) is 0. The van der Waals surface area contributed by atoms with Gasteiger partial charge in [-0.05, 0) is 12.1 Å². The molecule has 1 fully saturated rings. The molecule has 1 aromatic heterocycles. The monoisotopic (exact) mass is 322 g/mol. The van der Waals surface area contributed by atoms with Gasteiger partial charge in [0.05, 0.1) is 17.0 Å². The van der Waals surface area contributed by atoms with Crippen molar-refractivity contribution in [3.8, 4) is 0 Å². The lowest BCUT2D eigenvalue weighted by molar-refractivity contribution is -0.131. The molecule has 1 aromatic rings. The van der Waals surface area contributed by atoms with Gasteiger partial charge >= 0.3 is 0 Å². The van der Waals surface area contributed by atoms with E-state index in [2.05, 4.69) is 0 Å². The molecule has 0 aliphatic carbocycles. The van der Waals surface area contributed by atoms with Gasteiger partial charge in [-0.25, -0.2) is 8.42 Å². The van der Waals surface area contributed by atoms with E-state index in [-0.39, 0.29) is 5.91 Å². The van der Waals surface area contributed by atoms with Gasteiger partial charge in [0, 0.05) is 31.1 Å². The number of halogens is 1. The Morgan fingerprint density at radius 2 is 1.95 bits per heavy atom. The number of rotatable bonds is 3. The molecule has 0 N–H and O–H groups in total. The second-order valence-electron chi connectivity index (χ2n) is 4.43. The number of hydrogen-bond acceptors (Lipinski definition) is 4. The number of carbonyl (C=O) groups is 1.